The maximum atomic E-state index is 13.1. The molecule has 1 aliphatic heterocycles. The van der Waals surface area contributed by atoms with Crippen LogP contribution in [-0.2, 0) is 9.53 Å². The van der Waals surface area contributed by atoms with Crippen molar-refractivity contribution in [1.29, 1.82) is 0 Å². The maximum absolute atomic E-state index is 13.1. The van der Waals surface area contributed by atoms with Crippen LogP contribution in [0.1, 0.15) is 46.0 Å². The van der Waals surface area contributed by atoms with Crippen LogP contribution >= 0.6 is 0 Å². The monoisotopic (exact) mass is 416 g/mol. The molecule has 1 aromatic heterocycles. The summed E-state index contributed by atoms with van der Waals surface area (Å²) < 4.78 is 46.9. The summed E-state index contributed by atoms with van der Waals surface area (Å²) in [5.41, 5.74) is -1.21. The maximum Gasteiger partial charge on any atom is 0.411 e. The molecule has 2 fully saturated rings. The summed E-state index contributed by atoms with van der Waals surface area (Å²) in [4.78, 5) is 19.0. The third kappa shape index (κ3) is 5.19. The number of halogens is 3. The van der Waals surface area contributed by atoms with Crippen LogP contribution in [0, 0.1) is 5.41 Å². The van der Waals surface area contributed by atoms with Crippen LogP contribution in [0.15, 0.2) is 18.3 Å². The van der Waals surface area contributed by atoms with E-state index >= 15 is 0 Å². The minimum absolute atomic E-state index is 0.00568. The number of amides is 1. The summed E-state index contributed by atoms with van der Waals surface area (Å²) in [7, 11) is 0. The molecule has 2 heterocycles. The van der Waals surface area contributed by atoms with Crippen LogP contribution in [0.5, 0.6) is 5.88 Å². The lowest BCUT2D eigenvalue weighted by atomic mass is 9.68. The van der Waals surface area contributed by atoms with Gasteiger partial charge in [0.1, 0.15) is 6.61 Å². The summed E-state index contributed by atoms with van der Waals surface area (Å²) >= 11 is 0. The molecule has 9 heteroatoms. The van der Waals surface area contributed by atoms with Crippen molar-refractivity contribution in [2.75, 3.05) is 24.7 Å². The smallest absolute Gasteiger partial charge is 0.411 e. The molecule has 29 heavy (non-hydrogen) atoms. The molecule has 1 saturated carbocycles. The van der Waals surface area contributed by atoms with E-state index in [1.807, 2.05) is 13.8 Å². The zero-order valence-electron chi connectivity index (χ0n) is 16.7. The first-order valence-electron chi connectivity index (χ1n) is 9.84. The molecule has 3 rings (SSSR count). The van der Waals surface area contributed by atoms with E-state index < -0.39 is 23.8 Å². The number of ether oxygens (including phenoxy) is 2. The molecule has 6 nitrogen and oxygen atoms in total. The SMILES string of the molecule is CC(C)Oc1ccc(N2CC[C@]3(CC[C@@](O)(COCC(F)(F)F)CC3)C2=O)cn1. The van der Waals surface area contributed by atoms with Crippen molar-refractivity contribution >= 4 is 11.6 Å². The number of hydrogen-bond acceptors (Lipinski definition) is 5. The second-order valence-corrected chi connectivity index (χ2v) is 8.34. The number of carbonyl (C=O) groups is 1. The Labute approximate surface area is 168 Å². The molecular weight excluding hydrogens is 389 g/mol. The second kappa shape index (κ2) is 8.10. The molecule has 0 atom stereocenters. The fourth-order valence-electron chi connectivity index (χ4n) is 4.07. The third-order valence-electron chi connectivity index (χ3n) is 5.68. The van der Waals surface area contributed by atoms with Crippen molar-refractivity contribution in [2.24, 2.45) is 5.41 Å². The minimum Gasteiger partial charge on any atom is -0.475 e. The Bertz CT molecular complexity index is 713. The van der Waals surface area contributed by atoms with E-state index in [4.69, 9.17) is 4.74 Å². The van der Waals surface area contributed by atoms with Crippen LogP contribution < -0.4 is 9.64 Å². The molecule has 2 aliphatic rings. The quantitative estimate of drug-likeness (QED) is 0.769. The number of hydrogen-bond donors (Lipinski definition) is 1. The highest BCUT2D eigenvalue weighted by Crippen LogP contribution is 2.48. The molecule has 1 saturated heterocycles. The largest absolute Gasteiger partial charge is 0.475 e. The van der Waals surface area contributed by atoms with Gasteiger partial charge in [-0.15, -0.1) is 0 Å². The first-order valence-corrected chi connectivity index (χ1v) is 9.84. The lowest BCUT2D eigenvalue weighted by Gasteiger charge is -2.40. The number of anilines is 1. The number of aliphatic hydroxyl groups is 1. The van der Waals surface area contributed by atoms with Gasteiger partial charge in [0.05, 0.1) is 35.6 Å². The highest BCUT2D eigenvalue weighted by atomic mass is 19.4. The van der Waals surface area contributed by atoms with Crippen molar-refractivity contribution in [3.8, 4) is 5.88 Å². The highest BCUT2D eigenvalue weighted by Gasteiger charge is 2.51. The standard InChI is InChI=1S/C20H27F3N2O4/c1-14(2)29-16-4-3-15(11-24-16)25-10-9-18(17(25)26)5-7-19(27,8-6-18)12-28-13-20(21,22)23/h3-4,11,14,27H,5-10,12-13H2,1-2H3/t18-,19+. The van der Waals surface area contributed by atoms with Gasteiger partial charge in [-0.3, -0.25) is 4.79 Å². The van der Waals surface area contributed by atoms with E-state index in [1.54, 1.807) is 23.2 Å². The van der Waals surface area contributed by atoms with Crippen LogP contribution in [-0.4, -0.2) is 53.6 Å². The van der Waals surface area contributed by atoms with Crippen LogP contribution in [0.2, 0.25) is 0 Å². The Kier molecular flexibility index (Phi) is 6.10. The van der Waals surface area contributed by atoms with Crippen LogP contribution in [0.3, 0.4) is 0 Å². The van der Waals surface area contributed by atoms with Crippen LogP contribution in [0.4, 0.5) is 18.9 Å². The van der Waals surface area contributed by atoms with Gasteiger partial charge < -0.3 is 19.5 Å². The van der Waals surface area contributed by atoms with Gasteiger partial charge in [0.2, 0.25) is 11.8 Å². The molecule has 0 unspecified atom stereocenters. The molecule has 1 amide bonds. The van der Waals surface area contributed by atoms with E-state index in [0.717, 1.165) is 0 Å². The number of aromatic nitrogens is 1. The number of rotatable bonds is 6. The van der Waals surface area contributed by atoms with Gasteiger partial charge in [-0.25, -0.2) is 4.98 Å². The molecular formula is C20H27F3N2O4. The fraction of sp³-hybridized carbons (Fsp3) is 0.700. The molecule has 0 bridgehead atoms. The molecule has 1 spiro atoms. The van der Waals surface area contributed by atoms with Gasteiger partial charge in [-0.05, 0) is 52.0 Å². The Morgan fingerprint density at radius 1 is 1.21 bits per heavy atom. The molecule has 162 valence electrons. The minimum atomic E-state index is -4.42. The van der Waals surface area contributed by atoms with Crippen LogP contribution in [0.25, 0.3) is 0 Å². The Hall–Kier alpha value is -1.87. The van der Waals surface area contributed by atoms with Gasteiger partial charge in [0.25, 0.3) is 0 Å². The zero-order valence-corrected chi connectivity index (χ0v) is 16.7. The highest BCUT2D eigenvalue weighted by molar-refractivity contribution is 5.99. The fourth-order valence-corrected chi connectivity index (χ4v) is 4.07. The summed E-state index contributed by atoms with van der Waals surface area (Å²) in [6, 6.07) is 3.52. The van der Waals surface area contributed by atoms with E-state index in [2.05, 4.69) is 9.72 Å². The normalized spacial score (nSPS) is 27.8. The lowest BCUT2D eigenvalue weighted by Crippen LogP contribution is -2.46. The van der Waals surface area contributed by atoms with E-state index in [9.17, 15) is 23.1 Å². The van der Waals surface area contributed by atoms with Crippen molar-refractivity contribution in [3.63, 3.8) is 0 Å². The molecule has 1 N–H and O–H groups in total. The van der Waals surface area contributed by atoms with E-state index in [-0.39, 0.29) is 31.5 Å². The van der Waals surface area contributed by atoms with Gasteiger partial charge >= 0.3 is 6.18 Å². The third-order valence-corrected chi connectivity index (χ3v) is 5.68. The van der Waals surface area contributed by atoms with Gasteiger partial charge in [-0.1, -0.05) is 0 Å². The van der Waals surface area contributed by atoms with E-state index in [0.29, 0.717) is 37.4 Å². The lowest BCUT2D eigenvalue weighted by molar-refractivity contribution is -0.191. The van der Waals surface area contributed by atoms with Gasteiger partial charge in [-0.2, -0.15) is 13.2 Å². The summed E-state index contributed by atoms with van der Waals surface area (Å²) in [5, 5.41) is 10.5. The van der Waals surface area contributed by atoms with Crippen molar-refractivity contribution in [2.45, 2.75) is 63.8 Å². The first kappa shape index (κ1) is 21.8. The van der Waals surface area contributed by atoms with Gasteiger partial charge in [0.15, 0.2) is 0 Å². The van der Waals surface area contributed by atoms with Gasteiger partial charge in [0, 0.05) is 12.6 Å². The van der Waals surface area contributed by atoms with Crippen molar-refractivity contribution in [3.05, 3.63) is 18.3 Å². The Balaban J connectivity index is 1.58. The molecule has 0 radical (unpaired) electrons. The number of nitrogens with zero attached hydrogens (tertiary/aromatic N) is 2. The first-order chi connectivity index (χ1) is 13.5. The second-order valence-electron chi connectivity index (χ2n) is 8.34. The summed E-state index contributed by atoms with van der Waals surface area (Å²) in [6.07, 6.45) is -0.821. The predicted octanol–water partition coefficient (Wildman–Crippen LogP) is 3.48. The topological polar surface area (TPSA) is 71.9 Å². The predicted molar refractivity (Wildman–Crippen MR) is 99.7 cm³/mol. The summed E-state index contributed by atoms with van der Waals surface area (Å²) in [5.74, 6) is 0.474. The Morgan fingerprint density at radius 2 is 1.90 bits per heavy atom. The summed E-state index contributed by atoms with van der Waals surface area (Å²) in [6.45, 7) is 2.61. The van der Waals surface area contributed by atoms with Crippen molar-refractivity contribution < 1.29 is 32.5 Å². The average molecular weight is 416 g/mol. The number of pyridine rings is 1. The molecule has 1 aliphatic carbocycles. The van der Waals surface area contributed by atoms with Crippen molar-refractivity contribution in [1.82, 2.24) is 4.98 Å². The Morgan fingerprint density at radius 3 is 2.45 bits per heavy atom. The molecule has 1 aromatic rings. The van der Waals surface area contributed by atoms with E-state index in [1.165, 1.54) is 0 Å². The molecule has 0 aromatic carbocycles. The average Bonchev–Trinajstić information content (AvgIpc) is 2.94. The number of alkyl halides is 3. The zero-order chi connectivity index (χ0) is 21.3. The number of carbonyl (C=O) groups excluding carboxylic acids is 1.